The number of nitro benzene ring substituents is 1. The Morgan fingerprint density at radius 2 is 1.69 bits per heavy atom. The SMILES string of the molecule is CCOC(=O)C1=C(C(=O)OCC)N2C(=C(C#N)[C@H]1c1ccc([N+](=O)[O-])cc1)NC(=O)[C@H]2CCc1ccccc1. The average Bonchev–Trinajstić information content (AvgIpc) is 3.26. The van der Waals surface area contributed by atoms with Gasteiger partial charge < -0.3 is 19.7 Å². The van der Waals surface area contributed by atoms with Crippen molar-refractivity contribution >= 4 is 23.5 Å². The predicted molar refractivity (Wildman–Crippen MR) is 137 cm³/mol. The van der Waals surface area contributed by atoms with Gasteiger partial charge in [-0.15, -0.1) is 0 Å². The highest BCUT2D eigenvalue weighted by Gasteiger charge is 2.50. The zero-order valence-corrected chi connectivity index (χ0v) is 21.4. The van der Waals surface area contributed by atoms with Crippen molar-refractivity contribution in [2.75, 3.05) is 13.2 Å². The molecule has 2 aromatic carbocycles. The number of hydrogen-bond donors (Lipinski definition) is 1. The third-order valence-corrected chi connectivity index (χ3v) is 6.50. The first kappa shape index (κ1) is 27.1. The molecule has 0 aromatic heterocycles. The number of nitrogens with zero attached hydrogens (tertiary/aromatic N) is 3. The Labute approximate surface area is 224 Å². The van der Waals surface area contributed by atoms with Gasteiger partial charge in [0.15, 0.2) is 0 Å². The molecule has 1 saturated heterocycles. The van der Waals surface area contributed by atoms with Gasteiger partial charge in [-0.3, -0.25) is 14.9 Å². The monoisotopic (exact) mass is 530 g/mol. The maximum Gasteiger partial charge on any atom is 0.355 e. The minimum absolute atomic E-state index is 0.00415. The van der Waals surface area contributed by atoms with Gasteiger partial charge in [-0.1, -0.05) is 42.5 Å². The van der Waals surface area contributed by atoms with Crippen LogP contribution in [0.2, 0.25) is 0 Å². The Kier molecular flexibility index (Phi) is 8.05. The first-order valence-electron chi connectivity index (χ1n) is 12.4. The Balaban J connectivity index is 1.92. The highest BCUT2D eigenvalue weighted by molar-refractivity contribution is 6.04. The number of nitrogens with one attached hydrogen (secondary N) is 1. The molecule has 200 valence electrons. The van der Waals surface area contributed by atoms with Gasteiger partial charge in [0.25, 0.3) is 5.69 Å². The first-order valence-corrected chi connectivity index (χ1v) is 12.4. The molecule has 39 heavy (non-hydrogen) atoms. The molecular weight excluding hydrogens is 504 g/mol. The molecule has 2 atom stereocenters. The molecule has 1 N–H and O–H groups in total. The van der Waals surface area contributed by atoms with E-state index in [4.69, 9.17) is 9.47 Å². The van der Waals surface area contributed by atoms with E-state index in [1.165, 1.54) is 29.2 Å². The second-order valence-corrected chi connectivity index (χ2v) is 8.76. The Morgan fingerprint density at radius 3 is 2.28 bits per heavy atom. The molecule has 0 unspecified atom stereocenters. The average molecular weight is 531 g/mol. The Morgan fingerprint density at radius 1 is 1.05 bits per heavy atom. The van der Waals surface area contributed by atoms with Crippen molar-refractivity contribution in [3.63, 3.8) is 0 Å². The van der Waals surface area contributed by atoms with Crippen LogP contribution >= 0.6 is 0 Å². The Bertz CT molecular complexity index is 1410. The van der Waals surface area contributed by atoms with E-state index < -0.39 is 34.7 Å². The van der Waals surface area contributed by atoms with E-state index in [0.29, 0.717) is 12.0 Å². The Hall–Kier alpha value is -4.98. The van der Waals surface area contributed by atoms with Crippen LogP contribution in [0.3, 0.4) is 0 Å². The van der Waals surface area contributed by atoms with Crippen LogP contribution in [0.4, 0.5) is 5.69 Å². The molecule has 1 amide bonds. The second kappa shape index (κ2) is 11.6. The lowest BCUT2D eigenvalue weighted by atomic mass is 9.80. The van der Waals surface area contributed by atoms with Gasteiger partial charge in [-0.2, -0.15) is 5.26 Å². The molecule has 0 radical (unpaired) electrons. The van der Waals surface area contributed by atoms with Gasteiger partial charge in [-0.25, -0.2) is 9.59 Å². The van der Waals surface area contributed by atoms with Crippen LogP contribution in [-0.4, -0.2) is 46.9 Å². The topological polar surface area (TPSA) is 152 Å². The molecule has 11 nitrogen and oxygen atoms in total. The fourth-order valence-electron chi connectivity index (χ4n) is 4.82. The molecule has 0 saturated carbocycles. The third-order valence-electron chi connectivity index (χ3n) is 6.50. The minimum atomic E-state index is -1.14. The maximum absolute atomic E-state index is 13.4. The summed E-state index contributed by atoms with van der Waals surface area (Å²) in [6.07, 6.45) is 0.764. The number of nitriles is 1. The molecule has 2 aliphatic rings. The molecule has 2 heterocycles. The number of nitro groups is 1. The van der Waals surface area contributed by atoms with Crippen LogP contribution in [0, 0.1) is 21.4 Å². The fourth-order valence-corrected chi connectivity index (χ4v) is 4.82. The highest BCUT2D eigenvalue weighted by Crippen LogP contribution is 2.45. The normalized spacial score (nSPS) is 18.3. The molecule has 0 bridgehead atoms. The summed E-state index contributed by atoms with van der Waals surface area (Å²) in [5.74, 6) is -3.24. The quantitative estimate of drug-likeness (QED) is 0.292. The summed E-state index contributed by atoms with van der Waals surface area (Å²) in [7, 11) is 0. The van der Waals surface area contributed by atoms with Crippen LogP contribution in [-0.2, 0) is 30.3 Å². The van der Waals surface area contributed by atoms with Crippen molar-refractivity contribution in [2.24, 2.45) is 0 Å². The molecular formula is C28H26N4O7. The number of aryl methyl sites for hydroxylation is 1. The number of ether oxygens (including phenoxy) is 2. The number of rotatable bonds is 9. The first-order chi connectivity index (χ1) is 18.8. The van der Waals surface area contributed by atoms with Crippen LogP contribution < -0.4 is 5.32 Å². The molecule has 2 aliphatic heterocycles. The van der Waals surface area contributed by atoms with Gasteiger partial charge in [0.05, 0.1) is 41.3 Å². The standard InChI is InChI=1S/C28H26N4O7/c1-3-38-27(34)23-22(18-11-13-19(14-12-18)32(36)37)20(16-29)25-30-26(33)21(15-10-17-8-6-5-7-9-17)31(25)24(23)28(35)39-4-2/h5-9,11-14,21-22H,3-4,10,15H2,1-2H3,(H,30,33)/t21-,22-/m1/s1. The van der Waals surface area contributed by atoms with Crippen LogP contribution in [0.15, 0.2) is 77.3 Å². The summed E-state index contributed by atoms with van der Waals surface area (Å²) >= 11 is 0. The van der Waals surface area contributed by atoms with Crippen LogP contribution in [0.1, 0.15) is 37.3 Å². The summed E-state index contributed by atoms with van der Waals surface area (Å²) in [6, 6.07) is 15.9. The number of benzene rings is 2. The van der Waals surface area contributed by atoms with Gasteiger partial charge in [0.1, 0.15) is 17.6 Å². The summed E-state index contributed by atoms with van der Waals surface area (Å²) < 4.78 is 10.6. The number of esters is 2. The van der Waals surface area contributed by atoms with Gasteiger partial charge in [-0.05, 0) is 37.8 Å². The number of allylic oxidation sites excluding steroid dienone is 1. The van der Waals surface area contributed by atoms with Crippen molar-refractivity contribution in [2.45, 2.75) is 38.6 Å². The van der Waals surface area contributed by atoms with E-state index in [0.717, 1.165) is 5.56 Å². The van der Waals surface area contributed by atoms with Gasteiger partial charge >= 0.3 is 11.9 Å². The summed E-state index contributed by atoms with van der Waals surface area (Å²) in [6.45, 7) is 3.19. The highest BCUT2D eigenvalue weighted by atomic mass is 16.6. The second-order valence-electron chi connectivity index (χ2n) is 8.76. The lowest BCUT2D eigenvalue weighted by Crippen LogP contribution is -2.41. The molecule has 4 rings (SSSR count). The number of fused-ring (bicyclic) bond motifs is 1. The van der Waals surface area contributed by atoms with Crippen LogP contribution in [0.5, 0.6) is 0 Å². The molecule has 11 heteroatoms. The third kappa shape index (κ3) is 5.22. The van der Waals surface area contributed by atoms with Crippen LogP contribution in [0.25, 0.3) is 0 Å². The smallest absolute Gasteiger partial charge is 0.355 e. The predicted octanol–water partition coefficient (Wildman–Crippen LogP) is 3.24. The van der Waals surface area contributed by atoms with Crippen molar-refractivity contribution in [3.8, 4) is 6.07 Å². The van der Waals surface area contributed by atoms with Gasteiger partial charge in [0.2, 0.25) is 5.91 Å². The summed E-state index contributed by atoms with van der Waals surface area (Å²) in [4.78, 5) is 52.1. The zero-order chi connectivity index (χ0) is 28.1. The van der Waals surface area contributed by atoms with Gasteiger partial charge in [0, 0.05) is 12.1 Å². The molecule has 0 aliphatic carbocycles. The van der Waals surface area contributed by atoms with Crippen molar-refractivity contribution in [1.82, 2.24) is 10.2 Å². The number of amides is 1. The maximum atomic E-state index is 13.4. The largest absolute Gasteiger partial charge is 0.463 e. The summed E-state index contributed by atoms with van der Waals surface area (Å²) in [5, 5.41) is 24.2. The van der Waals surface area contributed by atoms with Crippen molar-refractivity contribution < 1.29 is 28.8 Å². The number of hydrogen-bond acceptors (Lipinski definition) is 9. The fraction of sp³-hybridized carbons (Fsp3) is 0.286. The van der Waals surface area contributed by atoms with E-state index >= 15 is 0 Å². The molecule has 2 aromatic rings. The van der Waals surface area contributed by atoms with Crippen molar-refractivity contribution in [1.29, 1.82) is 5.26 Å². The molecule has 1 fully saturated rings. The lowest BCUT2D eigenvalue weighted by Gasteiger charge is -2.35. The lowest BCUT2D eigenvalue weighted by molar-refractivity contribution is -0.384. The number of carbonyl (C=O) groups excluding carboxylic acids is 3. The van der Waals surface area contributed by atoms with E-state index in [9.17, 15) is 29.8 Å². The molecule has 0 spiro atoms. The van der Waals surface area contributed by atoms with E-state index in [-0.39, 0.29) is 48.0 Å². The van der Waals surface area contributed by atoms with E-state index in [2.05, 4.69) is 11.4 Å². The minimum Gasteiger partial charge on any atom is -0.463 e. The van der Waals surface area contributed by atoms with E-state index in [1.807, 2.05) is 30.3 Å². The zero-order valence-electron chi connectivity index (χ0n) is 21.4. The number of non-ortho nitro benzene ring substituents is 1. The van der Waals surface area contributed by atoms with Crippen molar-refractivity contribution in [3.05, 3.63) is 98.5 Å². The summed E-state index contributed by atoms with van der Waals surface area (Å²) in [5.41, 5.74) is 0.724. The number of carbonyl (C=O) groups is 3. The van der Waals surface area contributed by atoms with E-state index in [1.54, 1.807) is 13.8 Å².